The summed E-state index contributed by atoms with van der Waals surface area (Å²) in [6.45, 7) is 0.305. The first kappa shape index (κ1) is 21.0. The maximum Gasteiger partial charge on any atom is 0.412 e. The van der Waals surface area contributed by atoms with Crippen LogP contribution in [-0.2, 0) is 4.79 Å². The standard InChI is InChI=1S/C12H6F11NO/c1-2-10(11(18,19)20,12(21,22)23)9(25)24-8-6(16)4(14)3(13)5(15)7(8)17/h2H2,1H3,(H,24,25). The molecular formula is C12H6F11NO. The third kappa shape index (κ3) is 3.11. The van der Waals surface area contributed by atoms with Crippen molar-refractivity contribution >= 4 is 11.6 Å². The Morgan fingerprint density at radius 2 is 1.08 bits per heavy atom. The number of anilines is 1. The summed E-state index contributed by atoms with van der Waals surface area (Å²) < 4.78 is 143. The third-order valence-electron chi connectivity index (χ3n) is 3.33. The van der Waals surface area contributed by atoms with Crippen LogP contribution in [0.1, 0.15) is 13.3 Å². The van der Waals surface area contributed by atoms with Crippen molar-refractivity contribution in [3.8, 4) is 0 Å². The molecule has 1 aromatic carbocycles. The summed E-state index contributed by atoms with van der Waals surface area (Å²) in [5.41, 5.74) is -7.45. The lowest BCUT2D eigenvalue weighted by atomic mass is 9.82. The van der Waals surface area contributed by atoms with Crippen molar-refractivity contribution in [2.45, 2.75) is 25.7 Å². The van der Waals surface area contributed by atoms with Gasteiger partial charge in [0, 0.05) is 0 Å². The van der Waals surface area contributed by atoms with Gasteiger partial charge in [-0.3, -0.25) is 4.79 Å². The van der Waals surface area contributed by atoms with Gasteiger partial charge in [0.1, 0.15) is 5.69 Å². The molecule has 0 saturated carbocycles. The fraction of sp³-hybridized carbons (Fsp3) is 0.417. The highest BCUT2D eigenvalue weighted by Gasteiger charge is 2.74. The molecule has 2 nitrogen and oxygen atoms in total. The van der Waals surface area contributed by atoms with E-state index in [1.165, 1.54) is 0 Å². The van der Waals surface area contributed by atoms with Gasteiger partial charge >= 0.3 is 12.4 Å². The number of amides is 1. The first-order valence-corrected chi connectivity index (χ1v) is 6.09. The van der Waals surface area contributed by atoms with Crippen molar-refractivity contribution in [3.63, 3.8) is 0 Å². The normalized spacial score (nSPS) is 13.1. The summed E-state index contributed by atoms with van der Waals surface area (Å²) in [7, 11) is 0. The molecule has 0 saturated heterocycles. The van der Waals surface area contributed by atoms with Gasteiger partial charge in [0.2, 0.25) is 17.1 Å². The van der Waals surface area contributed by atoms with Crippen LogP contribution in [0.2, 0.25) is 0 Å². The fourth-order valence-corrected chi connectivity index (χ4v) is 1.91. The van der Waals surface area contributed by atoms with Crippen LogP contribution in [0.3, 0.4) is 0 Å². The van der Waals surface area contributed by atoms with Gasteiger partial charge in [-0.15, -0.1) is 0 Å². The Bertz CT molecular complexity index is 649. The van der Waals surface area contributed by atoms with Crippen LogP contribution < -0.4 is 5.32 Å². The first-order chi connectivity index (χ1) is 11.1. The number of carbonyl (C=O) groups excluding carboxylic acids is 1. The topological polar surface area (TPSA) is 29.1 Å². The molecule has 25 heavy (non-hydrogen) atoms. The van der Waals surface area contributed by atoms with Crippen molar-refractivity contribution in [1.29, 1.82) is 0 Å². The van der Waals surface area contributed by atoms with Gasteiger partial charge in [-0.1, -0.05) is 6.92 Å². The number of halogens is 11. The Labute approximate surface area is 131 Å². The number of hydrogen-bond donors (Lipinski definition) is 1. The third-order valence-corrected chi connectivity index (χ3v) is 3.33. The molecule has 1 aromatic rings. The fourth-order valence-electron chi connectivity index (χ4n) is 1.91. The van der Waals surface area contributed by atoms with Crippen LogP contribution in [0, 0.1) is 34.5 Å². The molecule has 13 heteroatoms. The lowest BCUT2D eigenvalue weighted by Gasteiger charge is -2.35. The molecule has 0 bridgehead atoms. The van der Waals surface area contributed by atoms with Gasteiger partial charge in [-0.2, -0.15) is 26.3 Å². The summed E-state index contributed by atoms with van der Waals surface area (Å²) in [6, 6.07) is 0. The molecule has 1 N–H and O–H groups in total. The van der Waals surface area contributed by atoms with Crippen LogP contribution in [0.4, 0.5) is 54.0 Å². The summed E-state index contributed by atoms with van der Waals surface area (Å²) in [5, 5.41) is 0.517. The zero-order valence-corrected chi connectivity index (χ0v) is 11.8. The van der Waals surface area contributed by atoms with E-state index in [1.54, 1.807) is 0 Å². The monoisotopic (exact) mass is 389 g/mol. The van der Waals surface area contributed by atoms with Crippen molar-refractivity contribution < 1.29 is 53.1 Å². The summed E-state index contributed by atoms with van der Waals surface area (Å²) >= 11 is 0. The Kier molecular flexibility index (Phi) is 5.31. The first-order valence-electron chi connectivity index (χ1n) is 6.09. The summed E-state index contributed by atoms with van der Waals surface area (Å²) in [6.07, 6.45) is -14.5. The van der Waals surface area contributed by atoms with Crippen LogP contribution >= 0.6 is 0 Å². The Morgan fingerprint density at radius 3 is 1.36 bits per heavy atom. The highest BCUT2D eigenvalue weighted by atomic mass is 19.4. The molecular weight excluding hydrogens is 383 g/mol. The molecule has 0 fully saturated rings. The second-order valence-corrected chi connectivity index (χ2v) is 4.65. The number of hydrogen-bond acceptors (Lipinski definition) is 1. The molecule has 1 rings (SSSR count). The average Bonchev–Trinajstić information content (AvgIpc) is 2.45. The average molecular weight is 389 g/mol. The molecule has 0 aliphatic heterocycles. The maximum atomic E-state index is 13.4. The van der Waals surface area contributed by atoms with E-state index >= 15 is 0 Å². The Morgan fingerprint density at radius 1 is 0.760 bits per heavy atom. The van der Waals surface area contributed by atoms with Crippen LogP contribution in [0.5, 0.6) is 0 Å². The molecule has 0 spiro atoms. The van der Waals surface area contributed by atoms with Gasteiger partial charge in [0.25, 0.3) is 0 Å². The second-order valence-electron chi connectivity index (χ2n) is 4.65. The van der Waals surface area contributed by atoms with Crippen molar-refractivity contribution in [3.05, 3.63) is 29.1 Å². The number of benzene rings is 1. The highest BCUT2D eigenvalue weighted by Crippen LogP contribution is 2.53. The van der Waals surface area contributed by atoms with Crippen LogP contribution in [0.25, 0.3) is 0 Å². The van der Waals surface area contributed by atoms with Crippen LogP contribution in [0.15, 0.2) is 0 Å². The summed E-state index contributed by atoms with van der Waals surface area (Å²) in [4.78, 5) is 11.5. The van der Waals surface area contributed by atoms with Gasteiger partial charge in [-0.05, 0) is 6.42 Å². The van der Waals surface area contributed by atoms with Gasteiger partial charge in [0.05, 0.1) is 0 Å². The van der Waals surface area contributed by atoms with E-state index in [-0.39, 0.29) is 0 Å². The van der Waals surface area contributed by atoms with Gasteiger partial charge in [0.15, 0.2) is 23.3 Å². The predicted molar refractivity (Wildman–Crippen MR) is 59.7 cm³/mol. The molecule has 0 aromatic heterocycles. The maximum absolute atomic E-state index is 13.4. The molecule has 0 atom stereocenters. The smallest absolute Gasteiger partial charge is 0.320 e. The predicted octanol–water partition coefficient (Wildman–Crippen LogP) is 4.84. The lowest BCUT2D eigenvalue weighted by Crippen LogP contribution is -2.57. The van der Waals surface area contributed by atoms with Crippen molar-refractivity contribution in [2.75, 3.05) is 5.32 Å². The Hall–Kier alpha value is -2.08. The van der Waals surface area contributed by atoms with E-state index in [4.69, 9.17) is 0 Å². The van der Waals surface area contributed by atoms with Gasteiger partial charge in [-0.25, -0.2) is 22.0 Å². The van der Waals surface area contributed by atoms with Crippen LogP contribution in [-0.4, -0.2) is 18.3 Å². The second kappa shape index (κ2) is 6.33. The molecule has 0 unspecified atom stereocenters. The Balaban J connectivity index is 3.57. The number of carbonyl (C=O) groups is 1. The minimum atomic E-state index is -6.27. The molecule has 0 aliphatic rings. The van der Waals surface area contributed by atoms with E-state index in [1.807, 2.05) is 0 Å². The van der Waals surface area contributed by atoms with E-state index in [2.05, 4.69) is 0 Å². The SMILES string of the molecule is CCC(C(=O)Nc1c(F)c(F)c(F)c(F)c1F)(C(F)(F)F)C(F)(F)F. The molecule has 0 heterocycles. The van der Waals surface area contributed by atoms with Gasteiger partial charge < -0.3 is 5.32 Å². The number of alkyl halides is 6. The molecule has 0 aliphatic carbocycles. The number of rotatable bonds is 3. The largest absolute Gasteiger partial charge is 0.412 e. The highest BCUT2D eigenvalue weighted by molar-refractivity contribution is 5.96. The lowest BCUT2D eigenvalue weighted by molar-refractivity contribution is -0.324. The molecule has 1 amide bonds. The quantitative estimate of drug-likeness (QED) is 0.448. The number of nitrogens with one attached hydrogen (secondary N) is 1. The molecule has 142 valence electrons. The van der Waals surface area contributed by atoms with E-state index < -0.39 is 64.9 Å². The molecule has 0 radical (unpaired) electrons. The van der Waals surface area contributed by atoms with E-state index in [9.17, 15) is 53.1 Å². The van der Waals surface area contributed by atoms with E-state index in [0.717, 1.165) is 0 Å². The minimum Gasteiger partial charge on any atom is -0.320 e. The summed E-state index contributed by atoms with van der Waals surface area (Å²) in [5.74, 6) is -16.6. The zero-order valence-electron chi connectivity index (χ0n) is 11.8. The minimum absolute atomic E-state index is 0.305. The van der Waals surface area contributed by atoms with Crippen molar-refractivity contribution in [1.82, 2.24) is 0 Å². The van der Waals surface area contributed by atoms with E-state index in [0.29, 0.717) is 12.2 Å². The zero-order chi connectivity index (χ0) is 20.0. The van der Waals surface area contributed by atoms with Crippen molar-refractivity contribution in [2.24, 2.45) is 5.41 Å².